The molecule has 4 rings (SSSR count). The molecule has 0 saturated heterocycles. The van der Waals surface area contributed by atoms with E-state index in [0.29, 0.717) is 6.54 Å². The second-order valence-corrected chi connectivity index (χ2v) is 8.08. The highest BCUT2D eigenvalue weighted by atomic mass is 32.1. The van der Waals surface area contributed by atoms with Gasteiger partial charge in [0.25, 0.3) is 0 Å². The van der Waals surface area contributed by atoms with Gasteiger partial charge in [-0.1, -0.05) is 18.2 Å². The van der Waals surface area contributed by atoms with Crippen LogP contribution in [0.4, 0.5) is 5.69 Å². The molecule has 0 saturated carbocycles. The van der Waals surface area contributed by atoms with Crippen LogP contribution in [0.5, 0.6) is 0 Å². The number of carbonyl (C=O) groups is 2. The van der Waals surface area contributed by atoms with E-state index in [4.69, 9.17) is 0 Å². The molecule has 2 amide bonds. The van der Waals surface area contributed by atoms with Gasteiger partial charge in [-0.05, 0) is 42.0 Å². The molecule has 1 aromatic heterocycles. The molecule has 2 aliphatic heterocycles. The zero-order chi connectivity index (χ0) is 18.1. The molecule has 5 nitrogen and oxygen atoms in total. The first kappa shape index (κ1) is 17.2. The number of fused-ring (bicyclic) bond motifs is 2. The second kappa shape index (κ2) is 7.21. The molecule has 2 N–H and O–H groups in total. The SMILES string of the molecule is C[C@H](CNC(=O)[C@H]1CC(=O)Nc2ccccc21)N1CCc2sccc2C1. The standard InChI is InChI=1S/C20H23N3O2S/c1-13(23-8-6-18-14(12-23)7-9-26-18)11-21-20(25)16-10-19(24)22-17-5-3-2-4-15(16)17/h2-5,7,9,13,16H,6,8,10-12H2,1H3,(H,21,25)(H,22,24)/t13-,16+/m1/s1. The first-order valence-corrected chi connectivity index (χ1v) is 9.95. The van der Waals surface area contributed by atoms with Gasteiger partial charge in [-0.15, -0.1) is 11.3 Å². The molecular weight excluding hydrogens is 346 g/mol. The molecule has 136 valence electrons. The number of hydrogen-bond donors (Lipinski definition) is 2. The van der Waals surface area contributed by atoms with Crippen molar-refractivity contribution in [1.82, 2.24) is 10.2 Å². The number of anilines is 1. The number of hydrogen-bond acceptors (Lipinski definition) is 4. The number of carbonyl (C=O) groups excluding carboxylic acids is 2. The van der Waals surface area contributed by atoms with E-state index in [0.717, 1.165) is 30.8 Å². The molecule has 2 atom stereocenters. The van der Waals surface area contributed by atoms with E-state index < -0.39 is 5.92 Å². The van der Waals surface area contributed by atoms with E-state index in [1.54, 1.807) is 0 Å². The van der Waals surface area contributed by atoms with Gasteiger partial charge in [0.05, 0.1) is 5.92 Å². The van der Waals surface area contributed by atoms with Crippen LogP contribution in [0, 0.1) is 0 Å². The summed E-state index contributed by atoms with van der Waals surface area (Å²) in [6.45, 7) is 4.72. The maximum absolute atomic E-state index is 12.7. The van der Waals surface area contributed by atoms with Crippen molar-refractivity contribution in [3.63, 3.8) is 0 Å². The summed E-state index contributed by atoms with van der Waals surface area (Å²) in [4.78, 5) is 28.6. The van der Waals surface area contributed by atoms with E-state index >= 15 is 0 Å². The minimum absolute atomic E-state index is 0.0626. The predicted octanol–water partition coefficient (Wildman–Crippen LogP) is 2.74. The molecule has 0 fully saturated rings. The lowest BCUT2D eigenvalue weighted by molar-refractivity contribution is -0.126. The Balaban J connectivity index is 1.38. The predicted molar refractivity (Wildman–Crippen MR) is 103 cm³/mol. The Morgan fingerprint density at radius 3 is 3.12 bits per heavy atom. The summed E-state index contributed by atoms with van der Waals surface area (Å²) in [5.41, 5.74) is 3.06. The quantitative estimate of drug-likeness (QED) is 0.871. The number of nitrogens with zero attached hydrogens (tertiary/aromatic N) is 1. The Hall–Kier alpha value is -2.18. The van der Waals surface area contributed by atoms with Crippen molar-refractivity contribution in [2.24, 2.45) is 0 Å². The van der Waals surface area contributed by atoms with Gasteiger partial charge >= 0.3 is 0 Å². The Bertz CT molecular complexity index is 832. The lowest BCUT2D eigenvalue weighted by atomic mass is 9.90. The van der Waals surface area contributed by atoms with Crippen molar-refractivity contribution >= 4 is 28.8 Å². The summed E-state index contributed by atoms with van der Waals surface area (Å²) < 4.78 is 0. The van der Waals surface area contributed by atoms with E-state index in [2.05, 4.69) is 33.9 Å². The minimum Gasteiger partial charge on any atom is -0.354 e. The fourth-order valence-electron chi connectivity index (χ4n) is 3.79. The van der Waals surface area contributed by atoms with Crippen molar-refractivity contribution in [3.8, 4) is 0 Å². The van der Waals surface area contributed by atoms with Gasteiger partial charge < -0.3 is 10.6 Å². The molecule has 2 aromatic rings. The lowest BCUT2D eigenvalue weighted by Gasteiger charge is -2.33. The molecule has 2 aliphatic rings. The third-order valence-corrected chi connectivity index (χ3v) is 6.37. The Morgan fingerprint density at radius 2 is 2.23 bits per heavy atom. The summed E-state index contributed by atoms with van der Waals surface area (Å²) in [6, 6.07) is 10.0. The monoisotopic (exact) mass is 369 g/mol. The lowest BCUT2D eigenvalue weighted by Crippen LogP contribution is -2.45. The smallest absolute Gasteiger partial charge is 0.228 e. The van der Waals surface area contributed by atoms with Gasteiger partial charge in [-0.3, -0.25) is 14.5 Å². The molecular formula is C20H23N3O2S. The van der Waals surface area contributed by atoms with Crippen LogP contribution in [0.25, 0.3) is 0 Å². The van der Waals surface area contributed by atoms with Crippen LogP contribution in [0.3, 0.4) is 0 Å². The van der Waals surface area contributed by atoms with Gasteiger partial charge in [-0.25, -0.2) is 0 Å². The number of thiophene rings is 1. The minimum atomic E-state index is -0.406. The van der Waals surface area contributed by atoms with E-state index in [1.807, 2.05) is 35.6 Å². The van der Waals surface area contributed by atoms with E-state index in [9.17, 15) is 9.59 Å². The number of rotatable bonds is 4. The number of para-hydroxylation sites is 1. The third-order valence-electron chi connectivity index (χ3n) is 5.35. The van der Waals surface area contributed by atoms with Gasteiger partial charge in [0.2, 0.25) is 11.8 Å². The van der Waals surface area contributed by atoms with Crippen molar-refractivity contribution in [2.75, 3.05) is 18.4 Å². The number of benzene rings is 1. The van der Waals surface area contributed by atoms with E-state index in [-0.39, 0.29) is 24.3 Å². The van der Waals surface area contributed by atoms with Gasteiger partial charge in [0, 0.05) is 42.7 Å². The molecule has 3 heterocycles. The summed E-state index contributed by atoms with van der Waals surface area (Å²) in [5, 5.41) is 8.07. The average molecular weight is 369 g/mol. The van der Waals surface area contributed by atoms with Crippen LogP contribution in [-0.4, -0.2) is 35.8 Å². The largest absolute Gasteiger partial charge is 0.354 e. The van der Waals surface area contributed by atoms with Crippen LogP contribution in [-0.2, 0) is 22.6 Å². The van der Waals surface area contributed by atoms with Crippen molar-refractivity contribution in [3.05, 3.63) is 51.7 Å². The Morgan fingerprint density at radius 1 is 1.38 bits per heavy atom. The van der Waals surface area contributed by atoms with E-state index in [1.165, 1.54) is 10.4 Å². The summed E-state index contributed by atoms with van der Waals surface area (Å²) >= 11 is 1.84. The highest BCUT2D eigenvalue weighted by Crippen LogP contribution is 2.32. The highest BCUT2D eigenvalue weighted by molar-refractivity contribution is 7.10. The molecule has 0 bridgehead atoms. The van der Waals surface area contributed by atoms with Gasteiger partial charge in [0.15, 0.2) is 0 Å². The van der Waals surface area contributed by atoms with Crippen LogP contribution >= 0.6 is 11.3 Å². The van der Waals surface area contributed by atoms with Crippen LogP contribution < -0.4 is 10.6 Å². The Labute approximate surface area is 157 Å². The van der Waals surface area contributed by atoms with Crippen molar-refractivity contribution in [1.29, 1.82) is 0 Å². The molecule has 0 radical (unpaired) electrons. The number of amides is 2. The zero-order valence-electron chi connectivity index (χ0n) is 14.8. The molecule has 1 aromatic carbocycles. The van der Waals surface area contributed by atoms with Crippen molar-refractivity contribution < 1.29 is 9.59 Å². The summed E-state index contributed by atoms with van der Waals surface area (Å²) in [5.74, 6) is -0.567. The molecule has 6 heteroatoms. The van der Waals surface area contributed by atoms with Gasteiger partial charge in [-0.2, -0.15) is 0 Å². The zero-order valence-corrected chi connectivity index (χ0v) is 15.6. The fourth-order valence-corrected chi connectivity index (χ4v) is 4.68. The molecule has 0 aliphatic carbocycles. The normalized spacial score (nSPS) is 20.7. The van der Waals surface area contributed by atoms with Crippen molar-refractivity contribution in [2.45, 2.75) is 38.3 Å². The highest BCUT2D eigenvalue weighted by Gasteiger charge is 2.31. The first-order valence-electron chi connectivity index (χ1n) is 9.07. The van der Waals surface area contributed by atoms with Crippen LogP contribution in [0.2, 0.25) is 0 Å². The Kier molecular flexibility index (Phi) is 4.78. The third kappa shape index (κ3) is 3.39. The summed E-state index contributed by atoms with van der Waals surface area (Å²) in [7, 11) is 0. The van der Waals surface area contributed by atoms with Crippen LogP contribution in [0.15, 0.2) is 35.7 Å². The topological polar surface area (TPSA) is 61.4 Å². The van der Waals surface area contributed by atoms with Gasteiger partial charge in [0.1, 0.15) is 0 Å². The second-order valence-electron chi connectivity index (χ2n) is 7.08. The van der Waals surface area contributed by atoms with Crippen LogP contribution in [0.1, 0.15) is 35.3 Å². The molecule has 0 unspecified atom stereocenters. The summed E-state index contributed by atoms with van der Waals surface area (Å²) in [6.07, 6.45) is 1.29. The maximum Gasteiger partial charge on any atom is 0.228 e. The first-order chi connectivity index (χ1) is 12.6. The maximum atomic E-state index is 12.7. The molecule has 26 heavy (non-hydrogen) atoms. The fraction of sp³-hybridized carbons (Fsp3) is 0.400. The average Bonchev–Trinajstić information content (AvgIpc) is 3.12. The molecule has 0 spiro atoms. The number of nitrogens with one attached hydrogen (secondary N) is 2.